The lowest BCUT2D eigenvalue weighted by Gasteiger charge is -2.11. The van der Waals surface area contributed by atoms with E-state index >= 15 is 0 Å². The molecule has 9 nitrogen and oxygen atoms in total. The van der Waals surface area contributed by atoms with E-state index in [1.807, 2.05) is 32.0 Å². The number of carbonyl (C=O) groups is 3. The van der Waals surface area contributed by atoms with E-state index in [0.717, 1.165) is 16.8 Å². The first-order valence-electron chi connectivity index (χ1n) is 11.4. The van der Waals surface area contributed by atoms with Crippen molar-refractivity contribution in [2.75, 3.05) is 23.8 Å². The fraction of sp³-hybridized carbons (Fsp3) is 0.143. The Hall–Kier alpha value is -4.92. The van der Waals surface area contributed by atoms with Crippen molar-refractivity contribution in [1.82, 2.24) is 5.43 Å². The Balaban J connectivity index is 1.51. The van der Waals surface area contributed by atoms with Crippen molar-refractivity contribution in [3.05, 3.63) is 96.1 Å². The van der Waals surface area contributed by atoms with Crippen LogP contribution in [-0.4, -0.2) is 37.1 Å². The van der Waals surface area contributed by atoms with Crippen molar-refractivity contribution in [3.63, 3.8) is 0 Å². The Kier molecular flexibility index (Phi) is 9.55. The van der Waals surface area contributed by atoms with E-state index in [4.69, 9.17) is 9.47 Å². The first-order chi connectivity index (χ1) is 17.9. The molecule has 3 rings (SSSR count). The van der Waals surface area contributed by atoms with Crippen LogP contribution in [0.3, 0.4) is 0 Å². The normalized spacial score (nSPS) is 10.4. The van der Waals surface area contributed by atoms with Gasteiger partial charge in [-0.3, -0.25) is 14.4 Å². The van der Waals surface area contributed by atoms with Gasteiger partial charge in [-0.1, -0.05) is 36.9 Å². The molecule has 190 valence electrons. The average molecular weight is 501 g/mol. The fourth-order valence-electron chi connectivity index (χ4n) is 3.11. The Morgan fingerprint density at radius 1 is 0.919 bits per heavy atom. The largest absolute Gasteiger partial charge is 0.490 e. The van der Waals surface area contributed by atoms with E-state index in [2.05, 4.69) is 27.7 Å². The summed E-state index contributed by atoms with van der Waals surface area (Å²) in [5.74, 6) is -1.15. The van der Waals surface area contributed by atoms with Gasteiger partial charge >= 0.3 is 11.8 Å². The molecule has 3 aromatic carbocycles. The maximum Gasteiger partial charge on any atom is 0.329 e. The topological polar surface area (TPSA) is 118 Å². The Morgan fingerprint density at radius 2 is 1.68 bits per heavy atom. The highest BCUT2D eigenvalue weighted by atomic mass is 16.5. The molecule has 0 saturated heterocycles. The summed E-state index contributed by atoms with van der Waals surface area (Å²) < 4.78 is 11.0. The van der Waals surface area contributed by atoms with Crippen molar-refractivity contribution in [1.29, 1.82) is 0 Å². The van der Waals surface area contributed by atoms with Crippen LogP contribution in [0, 0.1) is 13.8 Å². The molecule has 0 unspecified atom stereocenters. The van der Waals surface area contributed by atoms with Crippen LogP contribution < -0.4 is 25.5 Å². The third kappa shape index (κ3) is 8.36. The molecule has 0 aliphatic rings. The summed E-state index contributed by atoms with van der Waals surface area (Å²) >= 11 is 0. The number of para-hydroxylation sites is 1. The number of ether oxygens (including phenoxy) is 2. The zero-order valence-corrected chi connectivity index (χ0v) is 20.6. The molecular weight excluding hydrogens is 472 g/mol. The first kappa shape index (κ1) is 26.7. The van der Waals surface area contributed by atoms with Gasteiger partial charge in [-0.2, -0.15) is 5.10 Å². The number of aryl methyl sites for hydroxylation is 2. The molecule has 9 heteroatoms. The van der Waals surface area contributed by atoms with Crippen LogP contribution in [0.4, 0.5) is 11.4 Å². The lowest BCUT2D eigenvalue weighted by molar-refractivity contribution is -0.136. The van der Waals surface area contributed by atoms with E-state index in [9.17, 15) is 14.4 Å². The zero-order valence-electron chi connectivity index (χ0n) is 20.6. The minimum absolute atomic E-state index is 0.218. The molecule has 0 aromatic heterocycles. The van der Waals surface area contributed by atoms with Crippen LogP contribution in [-0.2, 0) is 14.4 Å². The third-order valence-electron chi connectivity index (χ3n) is 5.00. The summed E-state index contributed by atoms with van der Waals surface area (Å²) in [6.45, 7) is 7.57. The number of anilines is 2. The number of carbonyl (C=O) groups excluding carboxylic acids is 3. The van der Waals surface area contributed by atoms with Crippen LogP contribution in [0.15, 0.2) is 84.5 Å². The van der Waals surface area contributed by atoms with Gasteiger partial charge in [-0.15, -0.1) is 0 Å². The minimum atomic E-state index is -0.950. The quantitative estimate of drug-likeness (QED) is 0.168. The zero-order chi connectivity index (χ0) is 26.6. The molecule has 3 N–H and O–H groups in total. The lowest BCUT2D eigenvalue weighted by Crippen LogP contribution is -2.32. The summed E-state index contributed by atoms with van der Waals surface area (Å²) in [7, 11) is 0. The second-order valence-electron chi connectivity index (χ2n) is 7.97. The second-order valence-corrected chi connectivity index (χ2v) is 7.97. The molecule has 0 fully saturated rings. The van der Waals surface area contributed by atoms with Crippen LogP contribution in [0.1, 0.15) is 16.7 Å². The molecule has 0 saturated carbocycles. The molecule has 37 heavy (non-hydrogen) atoms. The summed E-state index contributed by atoms with van der Waals surface area (Å²) in [6, 6.07) is 19.2. The molecule has 0 heterocycles. The lowest BCUT2D eigenvalue weighted by atomic mass is 10.1. The number of benzene rings is 3. The van der Waals surface area contributed by atoms with Crippen molar-refractivity contribution >= 4 is 35.3 Å². The average Bonchev–Trinajstić information content (AvgIpc) is 2.89. The monoisotopic (exact) mass is 500 g/mol. The van der Waals surface area contributed by atoms with Crippen molar-refractivity contribution < 1.29 is 23.9 Å². The van der Waals surface area contributed by atoms with Gasteiger partial charge in [-0.25, -0.2) is 5.43 Å². The van der Waals surface area contributed by atoms with Gasteiger partial charge in [0.2, 0.25) is 0 Å². The smallest absolute Gasteiger partial charge is 0.329 e. The first-order valence-corrected chi connectivity index (χ1v) is 11.4. The van der Waals surface area contributed by atoms with Gasteiger partial charge in [0.25, 0.3) is 5.91 Å². The molecule has 3 amide bonds. The molecular formula is C28H28N4O5. The number of rotatable bonds is 10. The van der Waals surface area contributed by atoms with Crippen molar-refractivity contribution in [2.45, 2.75) is 13.8 Å². The Morgan fingerprint density at radius 3 is 2.43 bits per heavy atom. The van der Waals surface area contributed by atoms with Gasteiger partial charge in [-0.05, 0) is 67.4 Å². The van der Waals surface area contributed by atoms with Gasteiger partial charge in [0.1, 0.15) is 18.1 Å². The molecule has 0 bridgehead atoms. The maximum absolute atomic E-state index is 12.4. The SMILES string of the molecule is C=CCOc1ccc(NC(=O)C(=O)N/N=C\c2ccccc2OCC(=O)Nc2cc(C)ccc2C)cc1. The fourth-order valence-corrected chi connectivity index (χ4v) is 3.11. The maximum atomic E-state index is 12.4. The number of hydrogen-bond donors (Lipinski definition) is 3. The molecule has 0 aliphatic carbocycles. The minimum Gasteiger partial charge on any atom is -0.490 e. The highest BCUT2D eigenvalue weighted by molar-refractivity contribution is 6.39. The van der Waals surface area contributed by atoms with Crippen LogP contribution in [0.5, 0.6) is 11.5 Å². The van der Waals surface area contributed by atoms with E-state index in [0.29, 0.717) is 29.4 Å². The van der Waals surface area contributed by atoms with Gasteiger partial charge < -0.3 is 20.1 Å². The van der Waals surface area contributed by atoms with Gasteiger partial charge in [0.15, 0.2) is 6.61 Å². The van der Waals surface area contributed by atoms with Crippen molar-refractivity contribution in [2.24, 2.45) is 5.10 Å². The second kappa shape index (κ2) is 13.2. The van der Waals surface area contributed by atoms with Gasteiger partial charge in [0, 0.05) is 16.9 Å². The third-order valence-corrected chi connectivity index (χ3v) is 5.00. The van der Waals surface area contributed by atoms with Crippen LogP contribution in [0.25, 0.3) is 0 Å². The number of nitrogens with one attached hydrogen (secondary N) is 3. The summed E-state index contributed by atoms with van der Waals surface area (Å²) in [5, 5.41) is 9.14. The highest BCUT2D eigenvalue weighted by Gasteiger charge is 2.13. The number of amides is 3. The highest BCUT2D eigenvalue weighted by Crippen LogP contribution is 2.18. The van der Waals surface area contributed by atoms with Crippen LogP contribution >= 0.6 is 0 Å². The van der Waals surface area contributed by atoms with E-state index in [-0.39, 0.29) is 12.5 Å². The molecule has 0 radical (unpaired) electrons. The Bertz CT molecular complexity index is 1300. The molecule has 0 spiro atoms. The number of nitrogens with zero attached hydrogens (tertiary/aromatic N) is 1. The predicted molar refractivity (Wildman–Crippen MR) is 143 cm³/mol. The van der Waals surface area contributed by atoms with Gasteiger partial charge in [0.05, 0.1) is 6.21 Å². The number of hydrazone groups is 1. The molecule has 0 atom stereocenters. The van der Waals surface area contributed by atoms with Crippen LogP contribution in [0.2, 0.25) is 0 Å². The number of hydrogen-bond acceptors (Lipinski definition) is 6. The van der Waals surface area contributed by atoms with E-state index in [1.54, 1.807) is 54.6 Å². The summed E-state index contributed by atoms with van der Waals surface area (Å²) in [6.07, 6.45) is 2.95. The van der Waals surface area contributed by atoms with E-state index < -0.39 is 11.8 Å². The predicted octanol–water partition coefficient (Wildman–Crippen LogP) is 3.97. The molecule has 0 aliphatic heterocycles. The summed E-state index contributed by atoms with van der Waals surface area (Å²) in [5.41, 5.74) is 5.81. The molecule has 3 aromatic rings. The Labute approximate surface area is 215 Å². The van der Waals surface area contributed by atoms with E-state index in [1.165, 1.54) is 6.21 Å². The standard InChI is InChI=1S/C28H28N4O5/c1-4-15-36-23-13-11-22(12-14-23)30-27(34)28(35)32-29-17-21-7-5-6-8-25(21)37-18-26(33)31-24-16-19(2)9-10-20(24)3/h4-14,16-17H,1,15,18H2,2-3H3,(H,30,34)(H,31,33)(H,32,35)/b29-17-. The van der Waals surface area contributed by atoms with Crippen molar-refractivity contribution in [3.8, 4) is 11.5 Å². The summed E-state index contributed by atoms with van der Waals surface area (Å²) in [4.78, 5) is 36.6.